The predicted molar refractivity (Wildman–Crippen MR) is 107 cm³/mol. The van der Waals surface area contributed by atoms with E-state index < -0.39 is 5.91 Å². The number of phenols is 1. The summed E-state index contributed by atoms with van der Waals surface area (Å²) in [6.07, 6.45) is 4.76. The predicted octanol–water partition coefficient (Wildman–Crippen LogP) is 4.21. The van der Waals surface area contributed by atoms with Crippen molar-refractivity contribution in [1.82, 2.24) is 5.32 Å². The Morgan fingerprint density at radius 1 is 1.22 bits per heavy atom. The largest absolute Gasteiger partial charge is 0.504 e. The van der Waals surface area contributed by atoms with Gasteiger partial charge in [0.2, 0.25) is 0 Å². The lowest BCUT2D eigenvalue weighted by atomic mass is 10.1. The summed E-state index contributed by atoms with van der Waals surface area (Å²) >= 11 is 0. The molecule has 2 N–H and O–H groups in total. The highest BCUT2D eigenvalue weighted by Crippen LogP contribution is 2.26. The van der Waals surface area contributed by atoms with Crippen molar-refractivity contribution in [1.29, 1.82) is 5.26 Å². The maximum atomic E-state index is 12.0. The van der Waals surface area contributed by atoms with E-state index in [2.05, 4.69) is 5.32 Å². The van der Waals surface area contributed by atoms with Crippen LogP contribution in [0.25, 0.3) is 6.08 Å². The normalized spacial score (nSPS) is 10.5. The summed E-state index contributed by atoms with van der Waals surface area (Å²) < 4.78 is 5.03. The summed E-state index contributed by atoms with van der Waals surface area (Å²) in [5.41, 5.74) is 1.74. The van der Waals surface area contributed by atoms with E-state index >= 15 is 0 Å². The maximum Gasteiger partial charge on any atom is 0.262 e. The zero-order valence-corrected chi connectivity index (χ0v) is 15.8. The molecule has 2 aromatic carbocycles. The lowest BCUT2D eigenvalue weighted by Gasteiger charge is -2.04. The standard InChI is InChI=1S/C20H18N2O3.C2H6/c1-25-19-12-15(10-11-18(19)23)8-5-9-17(13-21)20(24)22-14-16-6-3-2-4-7-16;1-2/h2-12,23H,14H2,1H3,(H,22,24);1-2H3/b8-5+,17-9+;. The summed E-state index contributed by atoms with van der Waals surface area (Å²) in [5, 5.41) is 21.4. The number of allylic oxidation sites excluding steroid dienone is 2. The van der Waals surface area contributed by atoms with E-state index in [0.717, 1.165) is 11.1 Å². The molecule has 2 rings (SSSR count). The number of benzene rings is 2. The van der Waals surface area contributed by atoms with Gasteiger partial charge in [0.25, 0.3) is 5.91 Å². The van der Waals surface area contributed by atoms with E-state index in [0.29, 0.717) is 12.3 Å². The fourth-order valence-corrected chi connectivity index (χ4v) is 2.09. The first-order valence-electron chi connectivity index (χ1n) is 8.61. The molecule has 0 saturated heterocycles. The molecular weight excluding hydrogens is 340 g/mol. The van der Waals surface area contributed by atoms with Crippen LogP contribution in [-0.2, 0) is 11.3 Å². The van der Waals surface area contributed by atoms with Crippen LogP contribution < -0.4 is 10.1 Å². The van der Waals surface area contributed by atoms with Gasteiger partial charge in [-0.3, -0.25) is 4.79 Å². The third kappa shape index (κ3) is 7.09. The van der Waals surface area contributed by atoms with Crippen LogP contribution in [0.1, 0.15) is 25.0 Å². The number of carbonyl (C=O) groups excluding carboxylic acids is 1. The Bertz CT molecular complexity index is 834. The number of methoxy groups -OCH3 is 1. The highest BCUT2D eigenvalue weighted by molar-refractivity contribution is 5.97. The average molecular weight is 364 g/mol. The van der Waals surface area contributed by atoms with Crippen LogP contribution in [0.4, 0.5) is 0 Å². The molecule has 0 spiro atoms. The Hall–Kier alpha value is -3.52. The molecule has 0 aliphatic rings. The molecule has 0 aliphatic heterocycles. The molecule has 0 atom stereocenters. The van der Waals surface area contributed by atoms with Gasteiger partial charge in [0.05, 0.1) is 7.11 Å². The third-order valence-corrected chi connectivity index (χ3v) is 3.42. The highest BCUT2D eigenvalue weighted by Gasteiger charge is 2.07. The number of nitrogens with zero attached hydrogens (tertiary/aromatic N) is 1. The molecular formula is C22H24N2O3. The summed E-state index contributed by atoms with van der Waals surface area (Å²) in [7, 11) is 1.47. The van der Waals surface area contributed by atoms with Gasteiger partial charge in [-0.05, 0) is 29.3 Å². The summed E-state index contributed by atoms with van der Waals surface area (Å²) in [6, 6.07) is 16.2. The average Bonchev–Trinajstić information content (AvgIpc) is 2.72. The zero-order valence-electron chi connectivity index (χ0n) is 15.8. The Morgan fingerprint density at radius 2 is 1.93 bits per heavy atom. The van der Waals surface area contributed by atoms with Gasteiger partial charge in [-0.25, -0.2) is 0 Å². The molecule has 0 saturated carbocycles. The monoisotopic (exact) mass is 364 g/mol. The summed E-state index contributed by atoms with van der Waals surface area (Å²) in [4.78, 5) is 12.0. The molecule has 1 amide bonds. The smallest absolute Gasteiger partial charge is 0.262 e. The third-order valence-electron chi connectivity index (χ3n) is 3.42. The number of amides is 1. The van der Waals surface area contributed by atoms with Crippen molar-refractivity contribution in [3.05, 3.63) is 77.4 Å². The van der Waals surface area contributed by atoms with Gasteiger partial charge in [0, 0.05) is 6.54 Å². The highest BCUT2D eigenvalue weighted by atomic mass is 16.5. The van der Waals surface area contributed by atoms with Crippen LogP contribution in [0.3, 0.4) is 0 Å². The van der Waals surface area contributed by atoms with Gasteiger partial charge in [-0.2, -0.15) is 5.26 Å². The van der Waals surface area contributed by atoms with Crippen LogP contribution in [0.2, 0.25) is 0 Å². The van der Waals surface area contributed by atoms with E-state index in [1.165, 1.54) is 19.3 Å². The van der Waals surface area contributed by atoms with E-state index in [1.54, 1.807) is 24.3 Å². The summed E-state index contributed by atoms with van der Waals surface area (Å²) in [5.74, 6) is -0.0280. The molecule has 5 nitrogen and oxygen atoms in total. The molecule has 0 heterocycles. The van der Waals surface area contributed by atoms with Gasteiger partial charge in [-0.15, -0.1) is 0 Å². The van der Waals surface area contributed by atoms with Crippen LogP contribution in [0.15, 0.2) is 66.3 Å². The van der Waals surface area contributed by atoms with E-state index in [-0.39, 0.29) is 11.3 Å². The Morgan fingerprint density at radius 3 is 2.56 bits per heavy atom. The second-order valence-corrected chi connectivity index (χ2v) is 5.15. The second kappa shape index (κ2) is 11.9. The number of hydrogen-bond donors (Lipinski definition) is 2. The van der Waals surface area contributed by atoms with Gasteiger partial charge in [0.1, 0.15) is 11.6 Å². The first-order chi connectivity index (χ1) is 13.1. The number of nitrogens with one attached hydrogen (secondary N) is 1. The maximum absolute atomic E-state index is 12.0. The molecule has 0 fully saturated rings. The zero-order chi connectivity index (χ0) is 20.1. The fraction of sp³-hybridized carbons (Fsp3) is 0.182. The summed E-state index contributed by atoms with van der Waals surface area (Å²) in [6.45, 7) is 4.36. The van der Waals surface area contributed by atoms with Crippen LogP contribution in [-0.4, -0.2) is 18.1 Å². The quantitative estimate of drug-likeness (QED) is 0.457. The fourth-order valence-electron chi connectivity index (χ4n) is 2.09. The number of ether oxygens (including phenoxy) is 1. The first-order valence-corrected chi connectivity index (χ1v) is 8.61. The molecule has 0 aromatic heterocycles. The van der Waals surface area contributed by atoms with Crippen LogP contribution in [0, 0.1) is 11.3 Å². The lowest BCUT2D eigenvalue weighted by molar-refractivity contribution is -0.117. The number of aromatic hydroxyl groups is 1. The van der Waals surface area contributed by atoms with Crippen LogP contribution >= 0.6 is 0 Å². The van der Waals surface area contributed by atoms with Gasteiger partial charge < -0.3 is 15.2 Å². The number of phenolic OH excluding ortho intramolecular Hbond substituents is 1. The van der Waals surface area contributed by atoms with Crippen molar-refractivity contribution in [2.45, 2.75) is 20.4 Å². The Balaban J connectivity index is 0.00000176. The number of rotatable bonds is 6. The minimum Gasteiger partial charge on any atom is -0.504 e. The van der Waals surface area contributed by atoms with Crippen molar-refractivity contribution in [3.63, 3.8) is 0 Å². The van der Waals surface area contributed by atoms with E-state index in [1.807, 2.05) is 50.2 Å². The molecule has 27 heavy (non-hydrogen) atoms. The molecule has 140 valence electrons. The minimum absolute atomic E-state index is 0.0120. The molecule has 0 aliphatic carbocycles. The SMILES string of the molecule is CC.COc1cc(/C=C/C=C(\C#N)C(=O)NCc2ccccc2)ccc1O. The Kier molecular flexibility index (Phi) is 9.51. The number of carbonyl (C=O) groups is 1. The number of nitriles is 1. The van der Waals surface area contributed by atoms with E-state index in [9.17, 15) is 9.90 Å². The van der Waals surface area contributed by atoms with Crippen molar-refractivity contribution in [2.24, 2.45) is 0 Å². The van der Waals surface area contributed by atoms with Crippen molar-refractivity contribution >= 4 is 12.0 Å². The van der Waals surface area contributed by atoms with E-state index in [4.69, 9.17) is 10.00 Å². The van der Waals surface area contributed by atoms with Gasteiger partial charge in [-0.1, -0.05) is 62.4 Å². The molecule has 0 radical (unpaired) electrons. The van der Waals surface area contributed by atoms with Gasteiger partial charge >= 0.3 is 0 Å². The second-order valence-electron chi connectivity index (χ2n) is 5.15. The minimum atomic E-state index is -0.431. The van der Waals surface area contributed by atoms with Crippen molar-refractivity contribution in [2.75, 3.05) is 7.11 Å². The van der Waals surface area contributed by atoms with Crippen LogP contribution in [0.5, 0.6) is 11.5 Å². The molecule has 5 heteroatoms. The Labute approximate surface area is 160 Å². The molecule has 0 bridgehead atoms. The van der Waals surface area contributed by atoms with Crippen molar-refractivity contribution in [3.8, 4) is 17.6 Å². The lowest BCUT2D eigenvalue weighted by Crippen LogP contribution is -2.23. The van der Waals surface area contributed by atoms with Crippen molar-refractivity contribution < 1.29 is 14.6 Å². The topological polar surface area (TPSA) is 82.3 Å². The molecule has 0 unspecified atom stereocenters. The number of hydrogen-bond acceptors (Lipinski definition) is 4. The first kappa shape index (κ1) is 21.5. The van der Waals surface area contributed by atoms with Gasteiger partial charge in [0.15, 0.2) is 11.5 Å². The molecule has 2 aromatic rings.